The number of carbonyl (C=O) groups is 1. The summed E-state index contributed by atoms with van der Waals surface area (Å²) >= 11 is 0. The molecule has 1 aliphatic heterocycles. The van der Waals surface area contributed by atoms with Gasteiger partial charge in [0.15, 0.2) is 0 Å². The molecule has 6 nitrogen and oxygen atoms in total. The Labute approximate surface area is 99.4 Å². The van der Waals surface area contributed by atoms with Crippen LogP contribution < -0.4 is 5.32 Å². The predicted molar refractivity (Wildman–Crippen MR) is 58.4 cm³/mol. The molecule has 3 unspecified atom stereocenters. The summed E-state index contributed by atoms with van der Waals surface area (Å²) in [5.41, 5.74) is 0. The van der Waals surface area contributed by atoms with Gasteiger partial charge < -0.3 is 14.8 Å². The van der Waals surface area contributed by atoms with Crippen molar-refractivity contribution in [2.24, 2.45) is 4.99 Å². The summed E-state index contributed by atoms with van der Waals surface area (Å²) < 4.78 is 9.92. The van der Waals surface area contributed by atoms with Crippen LogP contribution >= 0.6 is 0 Å². The van der Waals surface area contributed by atoms with Crippen molar-refractivity contribution in [3.8, 4) is 0 Å². The monoisotopic (exact) mass is 240 g/mol. The van der Waals surface area contributed by atoms with Crippen LogP contribution in [-0.4, -0.2) is 43.6 Å². The maximum atomic E-state index is 11.4. The first-order chi connectivity index (χ1) is 8.28. The summed E-state index contributed by atoms with van der Waals surface area (Å²) in [6.45, 7) is 0.987. The molecule has 1 aliphatic carbocycles. The maximum Gasteiger partial charge on any atom is 0.407 e. The van der Waals surface area contributed by atoms with E-state index in [1.54, 1.807) is 6.08 Å². The topological polar surface area (TPSA) is 80.3 Å². The van der Waals surface area contributed by atoms with Gasteiger partial charge in [-0.3, -0.25) is 0 Å². The average molecular weight is 240 g/mol. The molecule has 1 N–H and O–H groups in total. The SMILES string of the molecule is O=C=NC1CCCC(NC(=O)OCC2CO2)C1. The summed E-state index contributed by atoms with van der Waals surface area (Å²) in [4.78, 5) is 25.3. The van der Waals surface area contributed by atoms with Gasteiger partial charge in [-0.15, -0.1) is 0 Å². The van der Waals surface area contributed by atoms with E-state index >= 15 is 0 Å². The standard InChI is InChI=1S/C11H16N2O4/c14-7-12-8-2-1-3-9(4-8)13-11(15)17-6-10-5-16-10/h8-10H,1-6H2,(H,13,15). The van der Waals surface area contributed by atoms with Gasteiger partial charge in [-0.25, -0.2) is 14.6 Å². The second kappa shape index (κ2) is 5.80. The fourth-order valence-corrected chi connectivity index (χ4v) is 2.03. The zero-order valence-corrected chi connectivity index (χ0v) is 9.55. The lowest BCUT2D eigenvalue weighted by Gasteiger charge is -2.26. The molecular weight excluding hydrogens is 224 g/mol. The third-order valence-electron chi connectivity index (χ3n) is 3.01. The van der Waals surface area contributed by atoms with Crippen molar-refractivity contribution >= 4 is 12.2 Å². The number of hydrogen-bond donors (Lipinski definition) is 1. The first-order valence-electron chi connectivity index (χ1n) is 5.90. The number of epoxide rings is 1. The number of rotatable bonds is 4. The number of isocyanates is 1. The van der Waals surface area contributed by atoms with Crippen LogP contribution in [-0.2, 0) is 14.3 Å². The van der Waals surface area contributed by atoms with Crippen molar-refractivity contribution in [2.75, 3.05) is 13.2 Å². The van der Waals surface area contributed by atoms with Gasteiger partial charge in [-0.05, 0) is 25.7 Å². The van der Waals surface area contributed by atoms with Crippen molar-refractivity contribution in [3.63, 3.8) is 0 Å². The van der Waals surface area contributed by atoms with Crippen LogP contribution in [0.1, 0.15) is 25.7 Å². The number of ether oxygens (including phenoxy) is 2. The van der Waals surface area contributed by atoms with Gasteiger partial charge in [0.05, 0.1) is 12.6 Å². The third kappa shape index (κ3) is 4.17. The highest BCUT2D eigenvalue weighted by molar-refractivity contribution is 5.67. The first-order valence-corrected chi connectivity index (χ1v) is 5.90. The second-order valence-corrected chi connectivity index (χ2v) is 4.44. The summed E-state index contributed by atoms with van der Waals surface area (Å²) in [5, 5.41) is 2.78. The van der Waals surface area contributed by atoms with Crippen LogP contribution in [0.5, 0.6) is 0 Å². The molecule has 0 spiro atoms. The highest BCUT2D eigenvalue weighted by Gasteiger charge is 2.26. The molecule has 3 atom stereocenters. The van der Waals surface area contributed by atoms with Gasteiger partial charge in [0, 0.05) is 6.04 Å². The number of carbonyl (C=O) groups excluding carboxylic acids is 2. The molecule has 1 saturated carbocycles. The van der Waals surface area contributed by atoms with Crippen LogP contribution in [0.3, 0.4) is 0 Å². The van der Waals surface area contributed by atoms with Gasteiger partial charge in [0.2, 0.25) is 6.08 Å². The van der Waals surface area contributed by atoms with Crippen molar-refractivity contribution < 1.29 is 19.1 Å². The Morgan fingerprint density at radius 3 is 3.06 bits per heavy atom. The van der Waals surface area contributed by atoms with E-state index < -0.39 is 6.09 Å². The minimum atomic E-state index is -0.416. The van der Waals surface area contributed by atoms with E-state index in [-0.39, 0.29) is 18.2 Å². The minimum absolute atomic E-state index is 0.0154. The summed E-state index contributed by atoms with van der Waals surface area (Å²) in [6.07, 6.45) is 4.67. The summed E-state index contributed by atoms with van der Waals surface area (Å²) in [5.74, 6) is 0. The van der Waals surface area contributed by atoms with Gasteiger partial charge in [-0.1, -0.05) is 0 Å². The maximum absolute atomic E-state index is 11.4. The van der Waals surface area contributed by atoms with Gasteiger partial charge in [0.25, 0.3) is 0 Å². The van der Waals surface area contributed by atoms with Crippen LogP contribution in [0.4, 0.5) is 4.79 Å². The molecule has 1 saturated heterocycles. The van der Waals surface area contributed by atoms with E-state index in [2.05, 4.69) is 10.3 Å². The summed E-state index contributed by atoms with van der Waals surface area (Å²) in [7, 11) is 0. The Kier molecular flexibility index (Phi) is 4.12. The second-order valence-electron chi connectivity index (χ2n) is 4.44. The zero-order valence-electron chi connectivity index (χ0n) is 9.55. The molecule has 2 rings (SSSR count). The van der Waals surface area contributed by atoms with Crippen LogP contribution in [0.2, 0.25) is 0 Å². The quantitative estimate of drug-likeness (QED) is 0.447. The molecule has 17 heavy (non-hydrogen) atoms. The molecule has 0 aromatic heterocycles. The number of nitrogens with zero attached hydrogens (tertiary/aromatic N) is 1. The highest BCUT2D eigenvalue weighted by atomic mass is 16.6. The Morgan fingerprint density at radius 1 is 1.53 bits per heavy atom. The average Bonchev–Trinajstić information content (AvgIpc) is 3.11. The Balaban J connectivity index is 1.69. The van der Waals surface area contributed by atoms with Crippen LogP contribution in [0, 0.1) is 0 Å². The van der Waals surface area contributed by atoms with E-state index in [1.165, 1.54) is 0 Å². The normalized spacial score (nSPS) is 31.2. The predicted octanol–water partition coefficient (Wildman–Crippen LogP) is 0.758. The lowest BCUT2D eigenvalue weighted by molar-refractivity contribution is 0.129. The number of hydrogen-bond acceptors (Lipinski definition) is 5. The van der Waals surface area contributed by atoms with Gasteiger partial charge in [0.1, 0.15) is 12.7 Å². The molecule has 2 fully saturated rings. The van der Waals surface area contributed by atoms with Gasteiger partial charge in [-0.2, -0.15) is 0 Å². The van der Waals surface area contributed by atoms with Crippen LogP contribution in [0.25, 0.3) is 0 Å². The molecule has 94 valence electrons. The molecule has 2 aliphatic rings. The Bertz CT molecular complexity index is 323. The number of aliphatic imine (C=N–C) groups is 1. The molecule has 0 aromatic rings. The van der Waals surface area contributed by atoms with Crippen molar-refractivity contribution in [2.45, 2.75) is 43.9 Å². The van der Waals surface area contributed by atoms with Gasteiger partial charge >= 0.3 is 6.09 Å². The molecule has 6 heteroatoms. The molecular formula is C11H16N2O4. The fraction of sp³-hybridized carbons (Fsp3) is 0.818. The minimum Gasteiger partial charge on any atom is -0.447 e. The molecule has 1 heterocycles. The largest absolute Gasteiger partial charge is 0.447 e. The van der Waals surface area contributed by atoms with E-state index in [4.69, 9.17) is 9.47 Å². The zero-order chi connectivity index (χ0) is 12.1. The van der Waals surface area contributed by atoms with Crippen molar-refractivity contribution in [1.29, 1.82) is 0 Å². The van der Waals surface area contributed by atoms with Crippen molar-refractivity contribution in [1.82, 2.24) is 5.32 Å². The lowest BCUT2D eigenvalue weighted by atomic mass is 9.91. The molecule has 1 amide bonds. The van der Waals surface area contributed by atoms with Crippen LogP contribution in [0.15, 0.2) is 4.99 Å². The summed E-state index contributed by atoms with van der Waals surface area (Å²) in [6, 6.07) is 0.0248. The molecule has 0 radical (unpaired) electrons. The molecule has 0 bridgehead atoms. The van der Waals surface area contributed by atoms with E-state index in [9.17, 15) is 9.59 Å². The number of nitrogens with one attached hydrogen (secondary N) is 1. The van der Waals surface area contributed by atoms with Crippen molar-refractivity contribution in [3.05, 3.63) is 0 Å². The number of amides is 1. The smallest absolute Gasteiger partial charge is 0.407 e. The first kappa shape index (κ1) is 12.1. The Morgan fingerprint density at radius 2 is 2.35 bits per heavy atom. The van der Waals surface area contributed by atoms with E-state index in [0.29, 0.717) is 19.6 Å². The third-order valence-corrected chi connectivity index (χ3v) is 3.01. The van der Waals surface area contributed by atoms with E-state index in [1.807, 2.05) is 0 Å². The lowest BCUT2D eigenvalue weighted by Crippen LogP contribution is -2.40. The number of alkyl carbamates (subject to hydrolysis) is 1. The fourth-order valence-electron chi connectivity index (χ4n) is 2.03. The van der Waals surface area contributed by atoms with E-state index in [0.717, 1.165) is 19.3 Å². The highest BCUT2D eigenvalue weighted by Crippen LogP contribution is 2.21. The molecule has 0 aromatic carbocycles. The Hall–Kier alpha value is -1.39.